The summed E-state index contributed by atoms with van der Waals surface area (Å²) in [5, 5.41) is 3.37. The summed E-state index contributed by atoms with van der Waals surface area (Å²) < 4.78 is 8.75. The standard InChI is InChI=1S/C18H26BrN5O/c1-13(2)25-17-7-6-14(9-21-17)10-22-18(20-3)24(5)12-16-8-15(19)11-23(16)4/h6-9,11,13H,10,12H2,1-5H3,(H,20,22). The van der Waals surface area contributed by atoms with Gasteiger partial charge in [0.15, 0.2) is 5.96 Å². The molecule has 2 rings (SSSR count). The van der Waals surface area contributed by atoms with Gasteiger partial charge in [0.05, 0.1) is 12.6 Å². The molecule has 7 heteroatoms. The van der Waals surface area contributed by atoms with Gasteiger partial charge in [-0.3, -0.25) is 4.99 Å². The summed E-state index contributed by atoms with van der Waals surface area (Å²) in [4.78, 5) is 10.8. The molecule has 0 aliphatic carbocycles. The number of rotatable bonds is 6. The van der Waals surface area contributed by atoms with Crippen molar-refractivity contribution >= 4 is 21.9 Å². The molecular formula is C18H26BrN5O. The number of nitrogens with one attached hydrogen (secondary N) is 1. The molecule has 2 aromatic heterocycles. The van der Waals surface area contributed by atoms with Crippen molar-refractivity contribution in [1.82, 2.24) is 19.8 Å². The second-order valence-electron chi connectivity index (χ2n) is 6.19. The maximum Gasteiger partial charge on any atom is 0.213 e. The molecule has 0 saturated carbocycles. The summed E-state index contributed by atoms with van der Waals surface area (Å²) in [5.41, 5.74) is 2.28. The fourth-order valence-corrected chi connectivity index (χ4v) is 3.01. The van der Waals surface area contributed by atoms with Crippen LogP contribution in [0.5, 0.6) is 5.88 Å². The normalized spacial score (nSPS) is 11.7. The number of guanidine groups is 1. The highest BCUT2D eigenvalue weighted by molar-refractivity contribution is 9.10. The van der Waals surface area contributed by atoms with E-state index in [-0.39, 0.29) is 6.10 Å². The van der Waals surface area contributed by atoms with Crippen LogP contribution in [-0.2, 0) is 20.1 Å². The quantitative estimate of drug-likeness (QED) is 0.589. The average Bonchev–Trinajstić information content (AvgIpc) is 2.86. The Balaban J connectivity index is 1.92. The van der Waals surface area contributed by atoms with Crippen LogP contribution in [-0.4, -0.2) is 40.6 Å². The van der Waals surface area contributed by atoms with Crippen molar-refractivity contribution in [3.05, 3.63) is 46.3 Å². The fraction of sp³-hybridized carbons (Fsp3) is 0.444. The van der Waals surface area contributed by atoms with Crippen LogP contribution in [0.3, 0.4) is 0 Å². The number of hydrogen-bond donors (Lipinski definition) is 1. The maximum absolute atomic E-state index is 5.56. The Bertz CT molecular complexity index is 709. The zero-order chi connectivity index (χ0) is 18.4. The molecule has 0 saturated heterocycles. The third kappa shape index (κ3) is 5.77. The van der Waals surface area contributed by atoms with E-state index in [1.165, 1.54) is 5.69 Å². The SMILES string of the molecule is CN=C(NCc1ccc(OC(C)C)nc1)N(C)Cc1cc(Br)cn1C. The predicted molar refractivity (Wildman–Crippen MR) is 105 cm³/mol. The van der Waals surface area contributed by atoms with Crippen molar-refractivity contribution < 1.29 is 4.74 Å². The van der Waals surface area contributed by atoms with Gasteiger partial charge in [-0.15, -0.1) is 0 Å². The summed E-state index contributed by atoms with van der Waals surface area (Å²) in [5.74, 6) is 1.48. The molecule has 25 heavy (non-hydrogen) atoms. The minimum absolute atomic E-state index is 0.126. The van der Waals surface area contributed by atoms with Crippen molar-refractivity contribution in [3.63, 3.8) is 0 Å². The van der Waals surface area contributed by atoms with Crippen molar-refractivity contribution in [1.29, 1.82) is 0 Å². The van der Waals surface area contributed by atoms with Gasteiger partial charge in [0, 0.05) is 56.3 Å². The smallest absolute Gasteiger partial charge is 0.213 e. The van der Waals surface area contributed by atoms with Gasteiger partial charge in [-0.2, -0.15) is 0 Å². The first-order valence-corrected chi connectivity index (χ1v) is 9.02. The Morgan fingerprint density at radius 3 is 2.72 bits per heavy atom. The average molecular weight is 408 g/mol. The number of aryl methyl sites for hydroxylation is 1. The number of hydrogen-bond acceptors (Lipinski definition) is 3. The fourth-order valence-electron chi connectivity index (χ4n) is 2.43. The third-order valence-corrected chi connectivity index (χ3v) is 4.09. The Morgan fingerprint density at radius 2 is 2.20 bits per heavy atom. The number of halogens is 1. The van der Waals surface area contributed by atoms with Gasteiger partial charge in [0.1, 0.15) is 0 Å². The summed E-state index contributed by atoms with van der Waals surface area (Å²) in [7, 11) is 5.85. The van der Waals surface area contributed by atoms with Crippen LogP contribution in [0, 0.1) is 0 Å². The molecule has 0 spiro atoms. The zero-order valence-corrected chi connectivity index (χ0v) is 17.0. The minimum atomic E-state index is 0.126. The van der Waals surface area contributed by atoms with Gasteiger partial charge in [-0.1, -0.05) is 6.07 Å². The van der Waals surface area contributed by atoms with Gasteiger partial charge in [-0.25, -0.2) is 4.98 Å². The number of aromatic nitrogens is 2. The lowest BCUT2D eigenvalue weighted by molar-refractivity contribution is 0.232. The van der Waals surface area contributed by atoms with Crippen LogP contribution in [0.15, 0.2) is 40.1 Å². The van der Waals surface area contributed by atoms with Crippen molar-refractivity contribution in [3.8, 4) is 5.88 Å². The van der Waals surface area contributed by atoms with E-state index in [4.69, 9.17) is 4.74 Å². The lowest BCUT2D eigenvalue weighted by atomic mass is 10.3. The largest absolute Gasteiger partial charge is 0.475 e. The summed E-state index contributed by atoms with van der Waals surface area (Å²) in [6.45, 7) is 5.40. The molecule has 2 aromatic rings. The molecule has 0 aliphatic rings. The monoisotopic (exact) mass is 407 g/mol. The molecule has 0 unspecified atom stereocenters. The van der Waals surface area contributed by atoms with Gasteiger partial charge in [0.25, 0.3) is 0 Å². The van der Waals surface area contributed by atoms with Gasteiger partial charge in [-0.05, 0) is 41.4 Å². The van der Waals surface area contributed by atoms with Gasteiger partial charge >= 0.3 is 0 Å². The van der Waals surface area contributed by atoms with Crippen LogP contribution >= 0.6 is 15.9 Å². The third-order valence-electron chi connectivity index (χ3n) is 3.65. The molecule has 1 N–H and O–H groups in total. The van der Waals surface area contributed by atoms with Crippen LogP contribution in [0.2, 0.25) is 0 Å². The highest BCUT2D eigenvalue weighted by Gasteiger charge is 2.10. The van der Waals surface area contributed by atoms with Crippen molar-refractivity contribution in [2.75, 3.05) is 14.1 Å². The van der Waals surface area contributed by atoms with E-state index in [2.05, 4.69) is 46.8 Å². The van der Waals surface area contributed by atoms with Crippen molar-refractivity contribution in [2.45, 2.75) is 33.0 Å². The first-order chi connectivity index (χ1) is 11.9. The number of pyridine rings is 1. The van der Waals surface area contributed by atoms with Crippen LogP contribution in [0.1, 0.15) is 25.1 Å². The molecule has 2 heterocycles. The molecule has 0 aromatic carbocycles. The Morgan fingerprint density at radius 1 is 1.44 bits per heavy atom. The van der Waals surface area contributed by atoms with E-state index in [1.807, 2.05) is 52.5 Å². The molecule has 0 aliphatic heterocycles. The van der Waals surface area contributed by atoms with Crippen LogP contribution in [0.25, 0.3) is 0 Å². The minimum Gasteiger partial charge on any atom is -0.475 e. The summed E-state index contributed by atoms with van der Waals surface area (Å²) >= 11 is 3.51. The highest BCUT2D eigenvalue weighted by atomic mass is 79.9. The van der Waals surface area contributed by atoms with E-state index < -0.39 is 0 Å². The van der Waals surface area contributed by atoms with Crippen LogP contribution in [0.4, 0.5) is 0 Å². The molecule has 0 fully saturated rings. The summed E-state index contributed by atoms with van der Waals surface area (Å²) in [6.07, 6.45) is 4.00. The Kier molecular flexibility index (Phi) is 6.87. The second-order valence-corrected chi connectivity index (χ2v) is 7.10. The second kappa shape index (κ2) is 8.89. The lowest BCUT2D eigenvalue weighted by Gasteiger charge is -2.22. The lowest BCUT2D eigenvalue weighted by Crippen LogP contribution is -2.38. The number of nitrogens with zero attached hydrogens (tertiary/aromatic N) is 4. The highest BCUT2D eigenvalue weighted by Crippen LogP contribution is 2.15. The van der Waals surface area contributed by atoms with Crippen LogP contribution < -0.4 is 10.1 Å². The van der Waals surface area contributed by atoms with Crippen molar-refractivity contribution in [2.24, 2.45) is 12.0 Å². The van der Waals surface area contributed by atoms with E-state index >= 15 is 0 Å². The molecule has 0 bridgehead atoms. The first-order valence-electron chi connectivity index (χ1n) is 8.23. The van der Waals surface area contributed by atoms with E-state index in [9.17, 15) is 0 Å². The molecule has 6 nitrogen and oxygen atoms in total. The molecule has 0 amide bonds. The Hall–Kier alpha value is -2.02. The first kappa shape index (κ1) is 19.3. The van der Waals surface area contributed by atoms with Gasteiger partial charge in [0.2, 0.25) is 5.88 Å². The topological polar surface area (TPSA) is 54.7 Å². The molecule has 0 atom stereocenters. The zero-order valence-electron chi connectivity index (χ0n) is 15.5. The van der Waals surface area contributed by atoms with E-state index in [0.29, 0.717) is 12.4 Å². The molecule has 136 valence electrons. The maximum atomic E-state index is 5.56. The van der Waals surface area contributed by atoms with Gasteiger partial charge < -0.3 is 19.5 Å². The van der Waals surface area contributed by atoms with E-state index in [1.54, 1.807) is 7.05 Å². The molecular weight excluding hydrogens is 382 g/mol. The summed E-state index contributed by atoms with van der Waals surface area (Å²) in [6, 6.07) is 6.02. The molecule has 0 radical (unpaired) electrons. The van der Waals surface area contributed by atoms with E-state index in [0.717, 1.165) is 22.5 Å². The Labute approximate surface area is 158 Å². The number of ether oxygens (including phenoxy) is 1. The predicted octanol–water partition coefficient (Wildman–Crippen LogP) is 3.18. The number of aliphatic imine (C=N–C) groups is 1.